The first kappa shape index (κ1) is 11.4. The predicted octanol–water partition coefficient (Wildman–Crippen LogP) is 1.86. The molecule has 0 radical (unpaired) electrons. The summed E-state index contributed by atoms with van der Waals surface area (Å²) in [7, 11) is 0. The molecule has 1 amide bonds. The van der Waals surface area contributed by atoms with E-state index in [1.807, 2.05) is 12.1 Å². The summed E-state index contributed by atoms with van der Waals surface area (Å²) in [6, 6.07) is 3.67. The van der Waals surface area contributed by atoms with Crippen molar-refractivity contribution in [2.24, 2.45) is 0 Å². The second-order valence-corrected chi connectivity index (χ2v) is 3.86. The fourth-order valence-electron chi connectivity index (χ4n) is 1.81. The van der Waals surface area contributed by atoms with Crippen LogP contribution in [0.25, 0.3) is 6.08 Å². The van der Waals surface area contributed by atoms with E-state index in [1.54, 1.807) is 12.3 Å². The van der Waals surface area contributed by atoms with Gasteiger partial charge >= 0.3 is 6.09 Å². The standard InChI is InChI=1S/C12H14N2O3/c1-2-9-4-3-6-13-11(9)17-10-5-7-14(8-10)12(15)16/h2-4,6,10H,1,5,7-8H2,(H,15,16). The summed E-state index contributed by atoms with van der Waals surface area (Å²) >= 11 is 0. The van der Waals surface area contributed by atoms with Crippen molar-refractivity contribution in [3.63, 3.8) is 0 Å². The van der Waals surface area contributed by atoms with Gasteiger partial charge in [-0.15, -0.1) is 0 Å². The van der Waals surface area contributed by atoms with E-state index in [-0.39, 0.29) is 6.10 Å². The van der Waals surface area contributed by atoms with Gasteiger partial charge in [-0.2, -0.15) is 0 Å². The number of amides is 1. The maximum atomic E-state index is 10.8. The molecule has 1 aliphatic heterocycles. The van der Waals surface area contributed by atoms with Gasteiger partial charge in [0.15, 0.2) is 0 Å². The molecule has 1 unspecified atom stereocenters. The molecule has 17 heavy (non-hydrogen) atoms. The number of ether oxygens (including phenoxy) is 1. The second-order valence-electron chi connectivity index (χ2n) is 3.86. The van der Waals surface area contributed by atoms with Crippen molar-refractivity contribution in [2.45, 2.75) is 12.5 Å². The van der Waals surface area contributed by atoms with Crippen LogP contribution in [0, 0.1) is 0 Å². The molecule has 5 nitrogen and oxygen atoms in total. The Morgan fingerprint density at radius 2 is 2.53 bits per heavy atom. The molecule has 0 aromatic carbocycles. The Bertz CT molecular complexity index is 434. The van der Waals surface area contributed by atoms with Crippen LogP contribution in [0.2, 0.25) is 0 Å². The van der Waals surface area contributed by atoms with Crippen molar-refractivity contribution >= 4 is 12.2 Å². The zero-order valence-corrected chi connectivity index (χ0v) is 9.37. The van der Waals surface area contributed by atoms with Crippen molar-refractivity contribution in [1.29, 1.82) is 0 Å². The third kappa shape index (κ3) is 2.55. The lowest BCUT2D eigenvalue weighted by Gasteiger charge is -2.14. The Hall–Kier alpha value is -2.04. The number of rotatable bonds is 3. The third-order valence-corrected chi connectivity index (χ3v) is 2.71. The molecule has 0 bridgehead atoms. The Morgan fingerprint density at radius 1 is 1.71 bits per heavy atom. The summed E-state index contributed by atoms with van der Waals surface area (Å²) in [5.74, 6) is 0.514. The van der Waals surface area contributed by atoms with E-state index in [9.17, 15) is 4.79 Å². The zero-order chi connectivity index (χ0) is 12.3. The molecule has 1 aliphatic rings. The fraction of sp³-hybridized carbons (Fsp3) is 0.333. The summed E-state index contributed by atoms with van der Waals surface area (Å²) in [5, 5.41) is 8.84. The molecule has 1 aromatic rings. The SMILES string of the molecule is C=Cc1cccnc1OC1CCN(C(=O)O)C1. The molecule has 90 valence electrons. The first-order valence-electron chi connectivity index (χ1n) is 5.42. The molecule has 2 heterocycles. The number of pyridine rings is 1. The molecule has 1 fully saturated rings. The molecule has 1 saturated heterocycles. The molecule has 0 saturated carbocycles. The van der Waals surface area contributed by atoms with Crippen LogP contribution >= 0.6 is 0 Å². The van der Waals surface area contributed by atoms with E-state index in [2.05, 4.69) is 11.6 Å². The van der Waals surface area contributed by atoms with Gasteiger partial charge in [-0.25, -0.2) is 9.78 Å². The normalized spacial score (nSPS) is 19.1. The van der Waals surface area contributed by atoms with E-state index in [0.717, 1.165) is 5.56 Å². The first-order chi connectivity index (χ1) is 8.20. The van der Waals surface area contributed by atoms with Gasteiger partial charge in [0.2, 0.25) is 5.88 Å². The van der Waals surface area contributed by atoms with Gasteiger partial charge < -0.3 is 14.7 Å². The maximum Gasteiger partial charge on any atom is 0.407 e. The number of hydrogen-bond acceptors (Lipinski definition) is 3. The summed E-state index contributed by atoms with van der Waals surface area (Å²) in [5.41, 5.74) is 0.821. The molecule has 0 aliphatic carbocycles. The number of likely N-dealkylation sites (tertiary alicyclic amines) is 1. The largest absolute Gasteiger partial charge is 0.472 e. The van der Waals surface area contributed by atoms with Gasteiger partial charge in [0, 0.05) is 24.7 Å². The molecule has 0 spiro atoms. The van der Waals surface area contributed by atoms with E-state index in [0.29, 0.717) is 25.4 Å². The first-order valence-corrected chi connectivity index (χ1v) is 5.42. The number of aromatic nitrogens is 1. The lowest BCUT2D eigenvalue weighted by atomic mass is 10.2. The topological polar surface area (TPSA) is 62.7 Å². The molecule has 2 rings (SSSR count). The third-order valence-electron chi connectivity index (χ3n) is 2.71. The van der Waals surface area contributed by atoms with Crippen LogP contribution in [-0.2, 0) is 0 Å². The average molecular weight is 234 g/mol. The number of hydrogen-bond donors (Lipinski definition) is 1. The van der Waals surface area contributed by atoms with Crippen LogP contribution < -0.4 is 4.74 Å². The Kier molecular flexibility index (Phi) is 3.27. The van der Waals surface area contributed by atoms with E-state index < -0.39 is 6.09 Å². The van der Waals surface area contributed by atoms with Crippen LogP contribution in [0.4, 0.5) is 4.79 Å². The molecule has 5 heteroatoms. The lowest BCUT2D eigenvalue weighted by Crippen LogP contribution is -2.29. The Balaban J connectivity index is 2.02. The smallest absolute Gasteiger partial charge is 0.407 e. The van der Waals surface area contributed by atoms with Gasteiger partial charge in [0.1, 0.15) is 6.10 Å². The molecular formula is C12H14N2O3. The molecular weight excluding hydrogens is 220 g/mol. The van der Waals surface area contributed by atoms with E-state index in [4.69, 9.17) is 9.84 Å². The van der Waals surface area contributed by atoms with Gasteiger partial charge in [-0.3, -0.25) is 0 Å². The number of nitrogens with zero attached hydrogens (tertiary/aromatic N) is 2. The molecule has 1 N–H and O–H groups in total. The van der Waals surface area contributed by atoms with Crippen LogP contribution in [0.3, 0.4) is 0 Å². The highest BCUT2D eigenvalue weighted by molar-refractivity contribution is 5.65. The lowest BCUT2D eigenvalue weighted by molar-refractivity contribution is 0.144. The van der Waals surface area contributed by atoms with Crippen LogP contribution in [0.15, 0.2) is 24.9 Å². The average Bonchev–Trinajstić information content (AvgIpc) is 2.78. The minimum absolute atomic E-state index is 0.125. The predicted molar refractivity (Wildman–Crippen MR) is 63.0 cm³/mol. The number of carboxylic acid groups (broad SMARTS) is 1. The van der Waals surface area contributed by atoms with Crippen molar-refractivity contribution in [2.75, 3.05) is 13.1 Å². The van der Waals surface area contributed by atoms with Crippen molar-refractivity contribution < 1.29 is 14.6 Å². The summed E-state index contributed by atoms with van der Waals surface area (Å²) < 4.78 is 5.69. The minimum Gasteiger partial charge on any atom is -0.472 e. The van der Waals surface area contributed by atoms with Gasteiger partial charge in [0.25, 0.3) is 0 Å². The summed E-state index contributed by atoms with van der Waals surface area (Å²) in [6.07, 6.45) is 2.98. The van der Waals surface area contributed by atoms with Gasteiger partial charge in [0.05, 0.1) is 6.54 Å². The van der Waals surface area contributed by atoms with E-state index in [1.165, 1.54) is 4.90 Å². The number of carbonyl (C=O) groups is 1. The Morgan fingerprint density at radius 3 is 3.18 bits per heavy atom. The van der Waals surface area contributed by atoms with Crippen LogP contribution in [0.1, 0.15) is 12.0 Å². The molecule has 1 aromatic heterocycles. The van der Waals surface area contributed by atoms with Crippen LogP contribution in [0.5, 0.6) is 5.88 Å². The quantitative estimate of drug-likeness (QED) is 0.867. The second kappa shape index (κ2) is 4.86. The highest BCUT2D eigenvalue weighted by atomic mass is 16.5. The summed E-state index contributed by atoms with van der Waals surface area (Å²) in [4.78, 5) is 16.2. The Labute approximate surface area is 99.3 Å². The van der Waals surface area contributed by atoms with Gasteiger partial charge in [-0.1, -0.05) is 12.7 Å². The fourth-order valence-corrected chi connectivity index (χ4v) is 1.81. The van der Waals surface area contributed by atoms with E-state index >= 15 is 0 Å². The molecule has 1 atom stereocenters. The monoisotopic (exact) mass is 234 g/mol. The minimum atomic E-state index is -0.902. The van der Waals surface area contributed by atoms with Crippen molar-refractivity contribution in [1.82, 2.24) is 9.88 Å². The summed E-state index contributed by atoms with van der Waals surface area (Å²) in [6.45, 7) is 4.59. The van der Waals surface area contributed by atoms with Crippen LogP contribution in [-0.4, -0.2) is 40.3 Å². The highest BCUT2D eigenvalue weighted by Gasteiger charge is 2.27. The van der Waals surface area contributed by atoms with Gasteiger partial charge in [-0.05, 0) is 12.1 Å². The highest BCUT2D eigenvalue weighted by Crippen LogP contribution is 2.20. The van der Waals surface area contributed by atoms with Crippen molar-refractivity contribution in [3.05, 3.63) is 30.5 Å². The van der Waals surface area contributed by atoms with Crippen molar-refractivity contribution in [3.8, 4) is 5.88 Å². The maximum absolute atomic E-state index is 10.8. The zero-order valence-electron chi connectivity index (χ0n) is 9.37.